The highest BCUT2D eigenvalue weighted by Crippen LogP contribution is 2.23. The smallest absolute Gasteiger partial charge is 0.309 e. The van der Waals surface area contributed by atoms with E-state index in [4.69, 9.17) is 5.11 Å². The number of carbonyl (C=O) groups is 1. The molecule has 0 aliphatic heterocycles. The Balaban J connectivity index is 3.81. The molecule has 0 aromatic rings. The van der Waals surface area contributed by atoms with Crippen molar-refractivity contribution in [1.29, 1.82) is 0 Å². The Morgan fingerprint density at radius 2 is 1.25 bits per heavy atom. The fourth-order valence-corrected chi connectivity index (χ4v) is 4.61. The molecule has 4 heteroatoms. The van der Waals surface area contributed by atoms with Crippen LogP contribution in [0.2, 0.25) is 0 Å². The summed E-state index contributed by atoms with van der Waals surface area (Å²) in [5.74, 6) is -0.848. The average Bonchev–Trinajstić information content (AvgIpc) is 2.74. The lowest BCUT2D eigenvalue weighted by molar-refractivity contribution is -0.144. The van der Waals surface area contributed by atoms with Gasteiger partial charge in [0.15, 0.2) is 0 Å². The summed E-state index contributed by atoms with van der Waals surface area (Å²) in [7, 11) is 0. The van der Waals surface area contributed by atoms with E-state index in [1.165, 1.54) is 51.4 Å². The predicted octanol–water partition coefficient (Wildman–Crippen LogP) is 7.52. The Kier molecular flexibility index (Phi) is 19.1. The van der Waals surface area contributed by atoms with Gasteiger partial charge in [-0.25, -0.2) is 0 Å². The summed E-state index contributed by atoms with van der Waals surface area (Å²) in [6, 6.07) is 0. The highest BCUT2D eigenvalue weighted by molar-refractivity contribution is 5.70. The van der Waals surface area contributed by atoms with Crippen molar-refractivity contribution < 1.29 is 20.1 Å². The summed E-state index contributed by atoms with van der Waals surface area (Å²) >= 11 is 0. The van der Waals surface area contributed by atoms with Crippen molar-refractivity contribution in [3.8, 4) is 0 Å². The van der Waals surface area contributed by atoms with Crippen molar-refractivity contribution in [2.75, 3.05) is 0 Å². The lowest BCUT2D eigenvalue weighted by Crippen LogP contribution is -2.26. The van der Waals surface area contributed by atoms with Crippen LogP contribution in [0.15, 0.2) is 11.6 Å². The Morgan fingerprint density at radius 1 is 0.781 bits per heavy atom. The second kappa shape index (κ2) is 19.6. The number of aliphatic hydroxyl groups is 2. The van der Waals surface area contributed by atoms with Crippen LogP contribution in [-0.2, 0) is 4.79 Å². The van der Waals surface area contributed by atoms with Gasteiger partial charge in [-0.3, -0.25) is 4.79 Å². The normalized spacial score (nSPS) is 17.0. The number of carboxylic acid groups (broad SMARTS) is 1. The van der Waals surface area contributed by atoms with E-state index in [0.29, 0.717) is 11.8 Å². The maximum Gasteiger partial charge on any atom is 0.309 e. The van der Waals surface area contributed by atoms with Crippen molar-refractivity contribution in [2.24, 2.45) is 17.8 Å². The van der Waals surface area contributed by atoms with Crippen LogP contribution in [0.25, 0.3) is 0 Å². The first kappa shape index (κ1) is 31.1. The molecule has 0 saturated heterocycles. The second-order valence-corrected chi connectivity index (χ2v) is 10.4. The summed E-state index contributed by atoms with van der Waals surface area (Å²) in [6.45, 7) is 10.0. The van der Waals surface area contributed by atoms with Crippen LogP contribution in [0.4, 0.5) is 0 Å². The molecule has 0 heterocycles. The number of hydrogen-bond donors (Lipinski definition) is 3. The highest BCUT2D eigenvalue weighted by atomic mass is 16.4. The van der Waals surface area contributed by atoms with Gasteiger partial charge in [-0.1, -0.05) is 104 Å². The SMILES string of the molecule is CCCCCCCCCCCC(O)CCCCC(C)CC(C)/C=C(\C)C(O)C(C)C(=O)O. The quantitative estimate of drug-likeness (QED) is 0.124. The van der Waals surface area contributed by atoms with Gasteiger partial charge >= 0.3 is 5.97 Å². The van der Waals surface area contributed by atoms with Crippen LogP contribution in [0.1, 0.15) is 131 Å². The van der Waals surface area contributed by atoms with Crippen LogP contribution in [0.5, 0.6) is 0 Å². The van der Waals surface area contributed by atoms with Crippen LogP contribution in [0, 0.1) is 17.8 Å². The predicted molar refractivity (Wildman–Crippen MR) is 136 cm³/mol. The summed E-state index contributed by atoms with van der Waals surface area (Å²) in [5.41, 5.74) is 0.749. The molecule has 0 bridgehead atoms. The molecule has 190 valence electrons. The maximum atomic E-state index is 11.0. The van der Waals surface area contributed by atoms with Gasteiger partial charge < -0.3 is 15.3 Å². The minimum atomic E-state index is -0.966. The minimum absolute atomic E-state index is 0.142. The molecule has 0 aliphatic rings. The number of unbranched alkanes of at least 4 members (excludes halogenated alkanes) is 9. The van der Waals surface area contributed by atoms with Gasteiger partial charge in [-0.15, -0.1) is 0 Å². The minimum Gasteiger partial charge on any atom is -0.481 e. The van der Waals surface area contributed by atoms with E-state index < -0.39 is 18.0 Å². The second-order valence-electron chi connectivity index (χ2n) is 10.4. The Bertz CT molecular complexity index is 488. The average molecular weight is 455 g/mol. The molecule has 3 N–H and O–H groups in total. The third kappa shape index (κ3) is 16.7. The van der Waals surface area contributed by atoms with Gasteiger partial charge in [0.25, 0.3) is 0 Å². The fourth-order valence-electron chi connectivity index (χ4n) is 4.61. The molecule has 0 fully saturated rings. The zero-order chi connectivity index (χ0) is 24.4. The van der Waals surface area contributed by atoms with Crippen LogP contribution in [-0.4, -0.2) is 33.5 Å². The lowest BCUT2D eigenvalue weighted by Gasteiger charge is -2.19. The first-order valence-corrected chi connectivity index (χ1v) is 13.5. The zero-order valence-corrected chi connectivity index (χ0v) is 21.8. The molecule has 0 radical (unpaired) electrons. The molecule has 0 saturated carbocycles. The molecular weight excluding hydrogens is 400 g/mol. The number of hydrogen-bond acceptors (Lipinski definition) is 3. The van der Waals surface area contributed by atoms with Crippen molar-refractivity contribution in [3.63, 3.8) is 0 Å². The Hall–Kier alpha value is -0.870. The number of aliphatic carboxylic acids is 1. The summed E-state index contributed by atoms with van der Waals surface area (Å²) in [4.78, 5) is 11.0. The largest absolute Gasteiger partial charge is 0.481 e. The van der Waals surface area contributed by atoms with E-state index in [1.54, 1.807) is 6.92 Å². The van der Waals surface area contributed by atoms with Gasteiger partial charge in [0.05, 0.1) is 18.1 Å². The molecule has 0 amide bonds. The van der Waals surface area contributed by atoms with E-state index in [1.807, 2.05) is 13.0 Å². The number of carboxylic acids is 1. The van der Waals surface area contributed by atoms with E-state index in [9.17, 15) is 15.0 Å². The van der Waals surface area contributed by atoms with Gasteiger partial charge in [-0.2, -0.15) is 0 Å². The van der Waals surface area contributed by atoms with Gasteiger partial charge in [0, 0.05) is 0 Å². The first-order valence-electron chi connectivity index (χ1n) is 13.5. The Morgan fingerprint density at radius 3 is 1.78 bits per heavy atom. The van der Waals surface area contributed by atoms with Gasteiger partial charge in [-0.05, 0) is 50.5 Å². The van der Waals surface area contributed by atoms with Crippen molar-refractivity contribution >= 4 is 5.97 Å². The van der Waals surface area contributed by atoms with Crippen molar-refractivity contribution in [2.45, 2.75) is 143 Å². The zero-order valence-electron chi connectivity index (χ0n) is 21.8. The summed E-state index contributed by atoms with van der Waals surface area (Å²) in [6.07, 6.45) is 19.1. The highest BCUT2D eigenvalue weighted by Gasteiger charge is 2.23. The van der Waals surface area contributed by atoms with Crippen LogP contribution in [0.3, 0.4) is 0 Å². The third-order valence-corrected chi connectivity index (χ3v) is 6.78. The number of aliphatic hydroxyl groups excluding tert-OH is 2. The van der Waals surface area contributed by atoms with Gasteiger partial charge in [0.1, 0.15) is 0 Å². The topological polar surface area (TPSA) is 77.8 Å². The third-order valence-electron chi connectivity index (χ3n) is 6.78. The standard InChI is InChI=1S/C28H54O4/c1-6-7-8-9-10-11-12-13-14-18-26(29)19-16-15-17-22(2)20-23(3)21-24(4)27(30)25(5)28(31)32/h21-23,25-27,29-30H,6-20H2,1-5H3,(H,31,32)/b24-21+. The lowest BCUT2D eigenvalue weighted by atomic mass is 9.89. The maximum absolute atomic E-state index is 11.0. The van der Waals surface area contributed by atoms with Crippen LogP contribution < -0.4 is 0 Å². The molecule has 0 aliphatic carbocycles. The molecule has 4 nitrogen and oxygen atoms in total. The van der Waals surface area contributed by atoms with E-state index in [-0.39, 0.29) is 6.10 Å². The van der Waals surface area contributed by atoms with Gasteiger partial charge in [0.2, 0.25) is 0 Å². The van der Waals surface area contributed by atoms with E-state index in [2.05, 4.69) is 20.8 Å². The molecule has 0 aromatic heterocycles. The molecule has 5 unspecified atom stereocenters. The molecule has 0 aromatic carbocycles. The van der Waals surface area contributed by atoms with E-state index >= 15 is 0 Å². The molecule has 0 spiro atoms. The number of rotatable bonds is 21. The molecule has 0 rings (SSSR count). The van der Waals surface area contributed by atoms with Crippen molar-refractivity contribution in [3.05, 3.63) is 11.6 Å². The molecule has 32 heavy (non-hydrogen) atoms. The summed E-state index contributed by atoms with van der Waals surface area (Å²) < 4.78 is 0. The monoisotopic (exact) mass is 454 g/mol. The van der Waals surface area contributed by atoms with Crippen molar-refractivity contribution in [1.82, 2.24) is 0 Å². The first-order chi connectivity index (χ1) is 15.2. The summed E-state index contributed by atoms with van der Waals surface area (Å²) in [5, 5.41) is 29.4. The van der Waals surface area contributed by atoms with Crippen LogP contribution >= 0.6 is 0 Å². The Labute approximate surface area is 198 Å². The molecule has 5 atom stereocenters. The van der Waals surface area contributed by atoms with E-state index in [0.717, 1.165) is 50.5 Å². The number of allylic oxidation sites excluding steroid dienone is 1. The fraction of sp³-hybridized carbons (Fsp3) is 0.893. The molecular formula is C28H54O4.